The highest BCUT2D eigenvalue weighted by Crippen LogP contribution is 2.21. The first-order valence-electron chi connectivity index (χ1n) is 6.51. The van der Waals surface area contributed by atoms with Crippen molar-refractivity contribution in [2.24, 2.45) is 0 Å². The molecular weight excluding hydrogens is 299 g/mol. The molecular formula is C15H16F3NOS. The number of furan rings is 1. The van der Waals surface area contributed by atoms with E-state index >= 15 is 0 Å². The smallest absolute Gasteiger partial charge is 0.284 e. The molecule has 0 bridgehead atoms. The van der Waals surface area contributed by atoms with Crippen molar-refractivity contribution in [3.8, 4) is 0 Å². The SMILES string of the molecule is C[C@@H](NCc1ccc(CSC(F)F)o1)c1cccc(F)c1. The van der Waals surface area contributed by atoms with Gasteiger partial charge in [0.15, 0.2) is 0 Å². The van der Waals surface area contributed by atoms with Gasteiger partial charge in [-0.15, -0.1) is 0 Å². The van der Waals surface area contributed by atoms with Crippen molar-refractivity contribution in [1.82, 2.24) is 5.32 Å². The molecule has 0 aliphatic heterocycles. The second-order valence-corrected chi connectivity index (χ2v) is 5.58. The van der Waals surface area contributed by atoms with Crippen molar-refractivity contribution in [3.05, 3.63) is 59.3 Å². The molecule has 2 rings (SSSR count). The molecule has 0 fully saturated rings. The Morgan fingerprint density at radius 3 is 2.67 bits per heavy atom. The van der Waals surface area contributed by atoms with E-state index in [2.05, 4.69) is 5.32 Å². The molecule has 0 aliphatic carbocycles. The van der Waals surface area contributed by atoms with E-state index < -0.39 is 5.76 Å². The lowest BCUT2D eigenvalue weighted by Crippen LogP contribution is -2.17. The topological polar surface area (TPSA) is 25.2 Å². The Hall–Kier alpha value is -1.40. The van der Waals surface area contributed by atoms with Crippen LogP contribution in [-0.2, 0) is 12.3 Å². The summed E-state index contributed by atoms with van der Waals surface area (Å²) in [6.07, 6.45) is 0. The van der Waals surface area contributed by atoms with Crippen LogP contribution in [0, 0.1) is 5.82 Å². The molecule has 0 saturated heterocycles. The van der Waals surface area contributed by atoms with E-state index in [0.717, 1.165) is 5.56 Å². The summed E-state index contributed by atoms with van der Waals surface area (Å²) in [4.78, 5) is 0. The monoisotopic (exact) mass is 315 g/mol. The third-order valence-electron chi connectivity index (χ3n) is 3.00. The normalized spacial score (nSPS) is 12.8. The summed E-state index contributed by atoms with van der Waals surface area (Å²) in [6.45, 7) is 2.38. The van der Waals surface area contributed by atoms with Gasteiger partial charge in [-0.2, -0.15) is 8.78 Å². The van der Waals surface area contributed by atoms with E-state index in [9.17, 15) is 13.2 Å². The summed E-state index contributed by atoms with van der Waals surface area (Å²) >= 11 is 0.531. The van der Waals surface area contributed by atoms with Crippen molar-refractivity contribution in [2.45, 2.75) is 31.0 Å². The van der Waals surface area contributed by atoms with Crippen molar-refractivity contribution in [2.75, 3.05) is 0 Å². The Labute approximate surface area is 125 Å². The molecule has 0 radical (unpaired) electrons. The maximum atomic E-state index is 13.1. The maximum absolute atomic E-state index is 13.1. The van der Waals surface area contributed by atoms with Gasteiger partial charge in [0.25, 0.3) is 5.76 Å². The van der Waals surface area contributed by atoms with Gasteiger partial charge in [0.05, 0.1) is 12.3 Å². The Morgan fingerprint density at radius 1 is 1.19 bits per heavy atom. The lowest BCUT2D eigenvalue weighted by molar-refractivity contribution is 0.251. The Bertz CT molecular complexity index is 574. The minimum Gasteiger partial charge on any atom is -0.464 e. The third kappa shape index (κ3) is 5.13. The number of halogens is 3. The van der Waals surface area contributed by atoms with E-state index in [0.29, 0.717) is 29.8 Å². The van der Waals surface area contributed by atoms with Gasteiger partial charge in [0.2, 0.25) is 0 Å². The lowest BCUT2D eigenvalue weighted by Gasteiger charge is -2.13. The van der Waals surface area contributed by atoms with E-state index in [1.165, 1.54) is 12.1 Å². The first-order valence-corrected chi connectivity index (χ1v) is 7.55. The first kappa shape index (κ1) is 16.0. The molecule has 21 heavy (non-hydrogen) atoms. The molecule has 1 atom stereocenters. The summed E-state index contributed by atoms with van der Waals surface area (Å²) in [5, 5.41) is 3.21. The molecule has 1 heterocycles. The van der Waals surface area contributed by atoms with Gasteiger partial charge in [-0.1, -0.05) is 23.9 Å². The fourth-order valence-corrected chi connectivity index (χ4v) is 2.33. The number of nitrogens with one attached hydrogen (secondary N) is 1. The highest BCUT2D eigenvalue weighted by atomic mass is 32.2. The number of benzene rings is 1. The summed E-state index contributed by atoms with van der Waals surface area (Å²) in [5.41, 5.74) is 0.843. The van der Waals surface area contributed by atoms with Crippen LogP contribution in [0.2, 0.25) is 0 Å². The number of alkyl halides is 2. The zero-order valence-electron chi connectivity index (χ0n) is 11.5. The van der Waals surface area contributed by atoms with Crippen molar-refractivity contribution in [3.63, 3.8) is 0 Å². The van der Waals surface area contributed by atoms with Crippen LogP contribution in [0.25, 0.3) is 0 Å². The summed E-state index contributed by atoms with van der Waals surface area (Å²) < 4.78 is 42.7. The van der Waals surface area contributed by atoms with Crippen molar-refractivity contribution in [1.29, 1.82) is 0 Å². The molecule has 1 N–H and O–H groups in total. The highest BCUT2D eigenvalue weighted by molar-refractivity contribution is 7.98. The highest BCUT2D eigenvalue weighted by Gasteiger charge is 2.09. The van der Waals surface area contributed by atoms with Crippen LogP contribution in [-0.4, -0.2) is 5.76 Å². The second-order valence-electron chi connectivity index (χ2n) is 4.60. The van der Waals surface area contributed by atoms with Crippen LogP contribution in [0.5, 0.6) is 0 Å². The first-order chi connectivity index (χ1) is 10.0. The van der Waals surface area contributed by atoms with Crippen molar-refractivity contribution >= 4 is 11.8 Å². The molecule has 0 saturated carbocycles. The Kier molecular flexibility index (Phi) is 5.76. The van der Waals surface area contributed by atoms with Gasteiger partial charge < -0.3 is 9.73 Å². The fraction of sp³-hybridized carbons (Fsp3) is 0.333. The fourth-order valence-electron chi connectivity index (χ4n) is 1.89. The Balaban J connectivity index is 1.85. The Morgan fingerprint density at radius 2 is 1.95 bits per heavy atom. The molecule has 0 amide bonds. The molecule has 1 aromatic heterocycles. The molecule has 2 nitrogen and oxygen atoms in total. The van der Waals surface area contributed by atoms with Crippen molar-refractivity contribution < 1.29 is 17.6 Å². The van der Waals surface area contributed by atoms with Crippen LogP contribution in [0.1, 0.15) is 30.0 Å². The number of hydrogen-bond acceptors (Lipinski definition) is 3. The lowest BCUT2D eigenvalue weighted by atomic mass is 10.1. The minimum atomic E-state index is -2.40. The molecule has 2 aromatic rings. The van der Waals surface area contributed by atoms with E-state index in [1.54, 1.807) is 18.2 Å². The predicted molar refractivity (Wildman–Crippen MR) is 77.7 cm³/mol. The summed E-state index contributed by atoms with van der Waals surface area (Å²) in [6, 6.07) is 9.79. The second kappa shape index (κ2) is 7.56. The third-order valence-corrected chi connectivity index (χ3v) is 3.70. The average Bonchev–Trinajstić information content (AvgIpc) is 2.90. The maximum Gasteiger partial charge on any atom is 0.284 e. The molecule has 1 aromatic carbocycles. The van der Waals surface area contributed by atoms with Gasteiger partial charge in [0.1, 0.15) is 17.3 Å². The van der Waals surface area contributed by atoms with Gasteiger partial charge in [-0.3, -0.25) is 0 Å². The average molecular weight is 315 g/mol. The zero-order chi connectivity index (χ0) is 15.2. The summed E-state index contributed by atoms with van der Waals surface area (Å²) in [7, 11) is 0. The zero-order valence-corrected chi connectivity index (χ0v) is 12.3. The predicted octanol–water partition coefficient (Wildman–Crippen LogP) is 4.73. The quantitative estimate of drug-likeness (QED) is 0.800. The number of rotatable bonds is 7. The molecule has 0 unspecified atom stereocenters. The minimum absolute atomic E-state index is 0.0373. The van der Waals surface area contributed by atoms with Crippen LogP contribution in [0.3, 0.4) is 0 Å². The van der Waals surface area contributed by atoms with E-state index in [1.807, 2.05) is 13.0 Å². The number of thioether (sulfide) groups is 1. The van der Waals surface area contributed by atoms with Gasteiger partial charge >= 0.3 is 0 Å². The van der Waals surface area contributed by atoms with Gasteiger partial charge in [-0.25, -0.2) is 4.39 Å². The van der Waals surface area contributed by atoms with Gasteiger partial charge in [-0.05, 0) is 36.8 Å². The molecule has 114 valence electrons. The van der Waals surface area contributed by atoms with Gasteiger partial charge in [0, 0.05) is 6.04 Å². The molecule has 0 spiro atoms. The molecule has 0 aliphatic rings. The van der Waals surface area contributed by atoms with Crippen LogP contribution in [0.4, 0.5) is 13.2 Å². The van der Waals surface area contributed by atoms with E-state index in [4.69, 9.17) is 4.42 Å². The van der Waals surface area contributed by atoms with Crippen LogP contribution >= 0.6 is 11.8 Å². The summed E-state index contributed by atoms with van der Waals surface area (Å²) in [5.74, 6) is -1.33. The van der Waals surface area contributed by atoms with E-state index in [-0.39, 0.29) is 17.6 Å². The largest absolute Gasteiger partial charge is 0.464 e. The van der Waals surface area contributed by atoms with Crippen LogP contribution in [0.15, 0.2) is 40.8 Å². The standard InChI is InChI=1S/C15H16F3NOS/c1-10(11-3-2-4-12(16)7-11)19-8-13-5-6-14(20-13)9-21-15(17)18/h2-7,10,15,19H,8-9H2,1H3/t10-/m1/s1. The number of hydrogen-bond donors (Lipinski definition) is 1. The molecule has 6 heteroatoms. The van der Waals surface area contributed by atoms with Crippen LogP contribution < -0.4 is 5.32 Å².